The monoisotopic (exact) mass is 738 g/mol. The van der Waals surface area contributed by atoms with Crippen LogP contribution in [0.25, 0.3) is 51.1 Å². The number of nitrogens with two attached hydrogens (primary N) is 2. The number of azo groups is 2. The van der Waals surface area contributed by atoms with Crippen molar-refractivity contribution in [3.8, 4) is 0 Å². The van der Waals surface area contributed by atoms with Crippen molar-refractivity contribution < 1.29 is 25.9 Å². The average molecular weight is 739 g/mol. The van der Waals surface area contributed by atoms with Gasteiger partial charge in [0.2, 0.25) is 0 Å². The van der Waals surface area contributed by atoms with E-state index in [2.05, 4.69) is 20.5 Å². The zero-order valence-corrected chi connectivity index (χ0v) is 28.6. The number of hydrogen-bond acceptors (Lipinski definition) is 12. The highest BCUT2D eigenvalue weighted by Crippen LogP contribution is 2.46. The van der Waals surface area contributed by atoms with Crippen LogP contribution >= 0.6 is 22.7 Å². The summed E-state index contributed by atoms with van der Waals surface area (Å²) in [5.74, 6) is 0. The molecule has 12 nitrogen and oxygen atoms in total. The van der Waals surface area contributed by atoms with Crippen molar-refractivity contribution >= 4 is 128 Å². The maximum atomic E-state index is 12.1. The Morgan fingerprint density at radius 2 is 0.900 bits per heavy atom. The van der Waals surface area contributed by atoms with E-state index >= 15 is 0 Å². The Labute approximate surface area is 291 Å². The fourth-order valence-electron chi connectivity index (χ4n) is 5.93. The molecule has 16 heteroatoms. The molecule has 2 heterocycles. The summed E-state index contributed by atoms with van der Waals surface area (Å²) in [4.78, 5) is -0.600. The lowest BCUT2D eigenvalue weighted by atomic mass is 10.1. The number of fused-ring (bicyclic) bond motifs is 7. The summed E-state index contributed by atoms with van der Waals surface area (Å²) in [7, 11) is -9.08. The second-order valence-electron chi connectivity index (χ2n) is 11.3. The quantitative estimate of drug-likeness (QED) is 0.0730. The summed E-state index contributed by atoms with van der Waals surface area (Å²) in [5.41, 5.74) is 14.4. The van der Waals surface area contributed by atoms with Crippen molar-refractivity contribution in [1.29, 1.82) is 0 Å². The number of benzene rings is 6. The van der Waals surface area contributed by atoms with Crippen LogP contribution in [0.5, 0.6) is 0 Å². The van der Waals surface area contributed by atoms with E-state index in [-0.39, 0.29) is 43.3 Å². The van der Waals surface area contributed by atoms with Crippen LogP contribution in [0.1, 0.15) is 0 Å². The van der Waals surface area contributed by atoms with E-state index in [4.69, 9.17) is 11.5 Å². The highest BCUT2D eigenvalue weighted by Gasteiger charge is 2.20. The van der Waals surface area contributed by atoms with Crippen molar-refractivity contribution in [2.24, 2.45) is 20.5 Å². The first-order valence-electron chi connectivity index (χ1n) is 14.7. The first-order valence-corrected chi connectivity index (χ1v) is 19.2. The first kappa shape index (κ1) is 31.9. The third kappa shape index (κ3) is 5.43. The second-order valence-corrected chi connectivity index (χ2v) is 16.4. The van der Waals surface area contributed by atoms with Crippen molar-refractivity contribution in [2.75, 3.05) is 11.5 Å². The van der Waals surface area contributed by atoms with Crippen LogP contribution in [0.15, 0.2) is 127 Å². The van der Waals surface area contributed by atoms with E-state index in [9.17, 15) is 25.9 Å². The van der Waals surface area contributed by atoms with Crippen LogP contribution in [0.4, 0.5) is 34.1 Å². The Hall–Kier alpha value is -5.36. The molecule has 0 saturated heterocycles. The van der Waals surface area contributed by atoms with Crippen LogP contribution in [0, 0.1) is 0 Å². The van der Waals surface area contributed by atoms with Crippen LogP contribution < -0.4 is 11.5 Å². The zero-order chi connectivity index (χ0) is 34.9. The Morgan fingerprint density at radius 1 is 0.500 bits per heavy atom. The number of nitrogens with zero attached hydrogens (tertiary/aromatic N) is 4. The third-order valence-electron chi connectivity index (χ3n) is 8.23. The van der Waals surface area contributed by atoms with Gasteiger partial charge in [-0.25, -0.2) is 0 Å². The Kier molecular flexibility index (Phi) is 7.41. The van der Waals surface area contributed by atoms with Crippen molar-refractivity contribution in [3.63, 3.8) is 0 Å². The molecule has 0 saturated carbocycles. The van der Waals surface area contributed by atoms with Crippen LogP contribution in [0.3, 0.4) is 0 Å². The molecule has 248 valence electrons. The van der Waals surface area contributed by atoms with E-state index in [0.717, 1.165) is 29.6 Å². The van der Waals surface area contributed by atoms with Gasteiger partial charge in [-0.3, -0.25) is 9.11 Å². The second kappa shape index (κ2) is 11.6. The predicted molar refractivity (Wildman–Crippen MR) is 199 cm³/mol. The lowest BCUT2D eigenvalue weighted by Crippen LogP contribution is -2.01. The van der Waals surface area contributed by atoms with Gasteiger partial charge in [-0.05, 0) is 36.4 Å². The van der Waals surface area contributed by atoms with Gasteiger partial charge >= 0.3 is 0 Å². The molecule has 0 aliphatic rings. The lowest BCUT2D eigenvalue weighted by Gasteiger charge is -2.09. The molecule has 6 aromatic carbocycles. The molecule has 2 aromatic heterocycles. The summed E-state index contributed by atoms with van der Waals surface area (Å²) >= 11 is 3.17. The van der Waals surface area contributed by atoms with Crippen LogP contribution in [0.2, 0.25) is 0 Å². The SMILES string of the molecule is Nc1c(N=Nc2ccc3c(c2)sc2sc4cc(N=Nc5cc(S(=O)(=O)O)c6ccccc6c5N)ccc4c23)cc(S(=O)(=O)O)c2ccccc12. The molecule has 0 aliphatic heterocycles. The van der Waals surface area contributed by atoms with Gasteiger partial charge in [-0.15, -0.1) is 32.9 Å². The molecule has 6 N–H and O–H groups in total. The van der Waals surface area contributed by atoms with E-state index in [1.165, 1.54) is 12.1 Å². The summed E-state index contributed by atoms with van der Waals surface area (Å²) in [6.45, 7) is 0. The fraction of sp³-hybridized carbons (Fsp3) is 0. The molecular formula is C34H22N6O6S4. The smallest absolute Gasteiger partial charge is 0.295 e. The Balaban J connectivity index is 1.13. The number of thiophene rings is 2. The van der Waals surface area contributed by atoms with Crippen LogP contribution in [-0.4, -0.2) is 25.9 Å². The van der Waals surface area contributed by atoms with Gasteiger partial charge in [-0.2, -0.15) is 27.1 Å². The standard InChI is InChI=1S/C34H22N6O6S4/c35-32-21-7-3-1-5-19(21)29(49(41,42)43)15-25(32)39-37-17-9-11-23-27(13-17)47-34-31(23)24-12-10-18(14-28(24)48-34)38-40-26-16-30(50(44,45)46)20-6-2-4-8-22(20)33(26)36/h1-16H,35-36H2,(H,41,42,43)(H,44,45,46). The van der Waals surface area contributed by atoms with E-state index < -0.39 is 20.2 Å². The molecule has 8 aromatic rings. The van der Waals surface area contributed by atoms with E-state index in [1.807, 2.05) is 24.3 Å². The Bertz CT molecular complexity index is 2830. The minimum Gasteiger partial charge on any atom is -0.396 e. The van der Waals surface area contributed by atoms with Gasteiger partial charge < -0.3 is 11.5 Å². The number of rotatable bonds is 6. The molecule has 8 rings (SSSR count). The molecule has 0 radical (unpaired) electrons. The maximum Gasteiger partial charge on any atom is 0.295 e. The normalized spacial score (nSPS) is 12.9. The predicted octanol–water partition coefficient (Wildman–Crippen LogP) is 10.1. The molecule has 0 amide bonds. The molecule has 0 unspecified atom stereocenters. The highest BCUT2D eigenvalue weighted by atomic mass is 32.2. The summed E-state index contributed by atoms with van der Waals surface area (Å²) in [6, 6.07) is 26.9. The number of anilines is 2. The maximum absolute atomic E-state index is 12.1. The van der Waals surface area contributed by atoms with Gasteiger partial charge in [0.15, 0.2) is 0 Å². The number of nitrogen functional groups attached to an aromatic ring is 2. The van der Waals surface area contributed by atoms with E-state index in [0.29, 0.717) is 22.1 Å². The molecule has 50 heavy (non-hydrogen) atoms. The zero-order valence-electron chi connectivity index (χ0n) is 25.3. The summed E-state index contributed by atoms with van der Waals surface area (Å²) in [5, 5.41) is 21.7. The molecular weight excluding hydrogens is 717 g/mol. The van der Waals surface area contributed by atoms with Gasteiger partial charge in [0.05, 0.1) is 26.8 Å². The Morgan fingerprint density at radius 3 is 1.30 bits per heavy atom. The van der Waals surface area contributed by atoms with Gasteiger partial charge in [0.1, 0.15) is 21.2 Å². The van der Waals surface area contributed by atoms with Crippen LogP contribution in [-0.2, 0) is 20.2 Å². The molecule has 0 aliphatic carbocycles. The molecule has 0 bridgehead atoms. The molecule has 0 spiro atoms. The van der Waals surface area contributed by atoms with Crippen molar-refractivity contribution in [1.82, 2.24) is 0 Å². The largest absolute Gasteiger partial charge is 0.396 e. The topological polar surface area (TPSA) is 210 Å². The summed E-state index contributed by atoms with van der Waals surface area (Å²) in [6.07, 6.45) is 0. The van der Waals surface area contributed by atoms with Gasteiger partial charge in [-0.1, -0.05) is 60.7 Å². The number of hydrogen-bond donors (Lipinski definition) is 4. The minimum absolute atomic E-state index is 0.115. The molecule has 0 fully saturated rings. The molecule has 0 atom stereocenters. The first-order chi connectivity index (χ1) is 23.9. The summed E-state index contributed by atoms with van der Waals surface area (Å²) < 4.78 is 71.0. The van der Waals surface area contributed by atoms with Crippen molar-refractivity contribution in [2.45, 2.75) is 9.79 Å². The fourth-order valence-corrected chi connectivity index (χ4v) is 10.0. The van der Waals surface area contributed by atoms with Crippen molar-refractivity contribution in [3.05, 3.63) is 97.1 Å². The third-order valence-corrected chi connectivity index (χ3v) is 12.4. The minimum atomic E-state index is -4.54. The van der Waals surface area contributed by atoms with Gasteiger partial charge in [0.25, 0.3) is 20.2 Å². The highest BCUT2D eigenvalue weighted by molar-refractivity contribution is 7.86. The lowest BCUT2D eigenvalue weighted by molar-refractivity contribution is 0.482. The van der Waals surface area contributed by atoms with E-state index in [1.54, 1.807) is 83.3 Å². The average Bonchev–Trinajstić information content (AvgIpc) is 3.61. The van der Waals surface area contributed by atoms with Gasteiger partial charge in [0, 0.05) is 47.1 Å².